The first-order valence-electron chi connectivity index (χ1n) is 5.70. The number of hydrogen-bond donors (Lipinski definition) is 0. The Labute approximate surface area is 130 Å². The van der Waals surface area contributed by atoms with Gasteiger partial charge in [0.25, 0.3) is 0 Å². The fraction of sp³-hybridized carbons (Fsp3) is 1.00. The van der Waals surface area contributed by atoms with Gasteiger partial charge in [0.2, 0.25) is 5.67 Å². The van der Waals surface area contributed by atoms with E-state index in [0.29, 0.717) is 0 Å². The molecule has 0 aromatic carbocycles. The smallest absolute Gasteiger partial charge is 0.230 e. The monoisotopic (exact) mass is 464 g/mol. The zero-order valence-electron chi connectivity index (χ0n) is 10.4. The van der Waals surface area contributed by atoms with Crippen LogP contribution in [-0.2, 0) is 0 Å². The van der Waals surface area contributed by atoms with E-state index in [-0.39, 0.29) is 10.8 Å². The van der Waals surface area contributed by atoms with E-state index in [1.165, 1.54) is 0 Å². The summed E-state index contributed by atoms with van der Waals surface area (Å²) < 4.78 is 145. The number of hydrogen-bond acceptors (Lipinski definition) is 0. The summed E-state index contributed by atoms with van der Waals surface area (Å²) in [4.78, 5) is 0. The van der Waals surface area contributed by atoms with Crippen LogP contribution in [0.5, 0.6) is 0 Å². The van der Waals surface area contributed by atoms with Crippen LogP contribution < -0.4 is 0 Å². The maximum Gasteiger partial charge on any atom is 0.384 e. The molecule has 0 aromatic heterocycles. The molecular weight excluding hydrogens is 456 g/mol. The molecule has 1 fully saturated rings. The maximum absolute atomic E-state index is 14.0. The van der Waals surface area contributed by atoms with Gasteiger partial charge in [-0.3, -0.25) is 0 Å². The van der Waals surface area contributed by atoms with Crippen LogP contribution in [0.15, 0.2) is 0 Å². The van der Waals surface area contributed by atoms with Crippen LogP contribution in [-0.4, -0.2) is 39.7 Å². The molecule has 0 bridgehead atoms. The lowest BCUT2D eigenvalue weighted by Gasteiger charge is -2.52. The van der Waals surface area contributed by atoms with E-state index in [4.69, 9.17) is 0 Å². The number of alkyl halides is 12. The van der Waals surface area contributed by atoms with E-state index < -0.39 is 48.1 Å². The van der Waals surface area contributed by atoms with E-state index in [1.807, 2.05) is 0 Å². The van der Waals surface area contributed by atoms with Crippen molar-refractivity contribution in [2.75, 3.05) is 4.43 Å². The Balaban J connectivity index is 3.55. The van der Waals surface area contributed by atoms with Crippen LogP contribution in [0.4, 0.5) is 48.3 Å². The Morgan fingerprint density at radius 2 is 0.818 bits per heavy atom. The van der Waals surface area contributed by atoms with Gasteiger partial charge in [-0.05, 0) is 23.7 Å². The van der Waals surface area contributed by atoms with Gasteiger partial charge in [0.15, 0.2) is 0 Å². The van der Waals surface area contributed by atoms with E-state index in [1.54, 1.807) is 22.6 Å². The Morgan fingerprint density at radius 3 is 1.14 bits per heavy atom. The van der Waals surface area contributed by atoms with Crippen molar-refractivity contribution in [2.45, 2.75) is 54.5 Å². The van der Waals surface area contributed by atoms with Gasteiger partial charge in [-0.25, -0.2) is 4.39 Å². The second-order valence-corrected chi connectivity index (χ2v) is 5.90. The molecule has 0 nitrogen and oxygen atoms in total. The largest absolute Gasteiger partial charge is 0.384 e. The van der Waals surface area contributed by atoms with Crippen molar-refractivity contribution < 1.29 is 48.3 Å². The highest BCUT2D eigenvalue weighted by Gasteiger charge is 3.00. The minimum absolute atomic E-state index is 0.105. The average Bonchev–Trinajstić information content (AvgIpc) is 2.36. The highest BCUT2D eigenvalue weighted by Crippen LogP contribution is 2.70. The lowest BCUT2D eigenvalue weighted by molar-refractivity contribution is -0.485. The summed E-state index contributed by atoms with van der Waals surface area (Å²) in [5.74, 6) is -34.4. The third-order valence-corrected chi connectivity index (χ3v) is 4.24. The SMILES string of the molecule is FC1(F)C(F)(F)C(F)(F)C(F)(CCCCI)C(F)(F)C1(F)F. The third-order valence-electron chi connectivity index (χ3n) is 3.48. The summed E-state index contributed by atoms with van der Waals surface area (Å²) in [5.41, 5.74) is -5.81. The molecule has 0 N–H and O–H groups in total. The summed E-state index contributed by atoms with van der Waals surface area (Å²) in [6.07, 6.45) is -3.23. The lowest BCUT2D eigenvalue weighted by Crippen LogP contribution is -2.83. The molecule has 0 aliphatic heterocycles. The van der Waals surface area contributed by atoms with Crippen LogP contribution in [0.3, 0.4) is 0 Å². The van der Waals surface area contributed by atoms with Crippen LogP contribution in [0, 0.1) is 0 Å². The molecule has 0 amide bonds. The van der Waals surface area contributed by atoms with Gasteiger partial charge < -0.3 is 0 Å². The van der Waals surface area contributed by atoms with Gasteiger partial charge >= 0.3 is 29.6 Å². The highest BCUT2D eigenvalue weighted by atomic mass is 127. The zero-order valence-corrected chi connectivity index (χ0v) is 12.5. The van der Waals surface area contributed by atoms with Gasteiger partial charge in [-0.15, -0.1) is 0 Å². The van der Waals surface area contributed by atoms with Crippen molar-refractivity contribution in [3.8, 4) is 0 Å². The molecule has 0 spiro atoms. The summed E-state index contributed by atoms with van der Waals surface area (Å²) in [6, 6.07) is 0. The second-order valence-electron chi connectivity index (χ2n) is 4.82. The van der Waals surface area contributed by atoms with E-state index in [0.717, 1.165) is 0 Å². The molecule has 132 valence electrons. The minimum Gasteiger partial charge on any atom is -0.230 e. The molecule has 22 heavy (non-hydrogen) atoms. The van der Waals surface area contributed by atoms with E-state index in [2.05, 4.69) is 0 Å². The third kappa shape index (κ3) is 2.00. The van der Waals surface area contributed by atoms with Gasteiger partial charge in [0.1, 0.15) is 0 Å². The molecule has 12 heteroatoms. The number of unbranched alkanes of at least 4 members (excludes halogenated alkanes) is 1. The van der Waals surface area contributed by atoms with Crippen molar-refractivity contribution in [3.63, 3.8) is 0 Å². The van der Waals surface area contributed by atoms with Gasteiger partial charge in [0.05, 0.1) is 0 Å². The van der Waals surface area contributed by atoms with Crippen molar-refractivity contribution in [1.29, 1.82) is 0 Å². The fourth-order valence-corrected chi connectivity index (χ4v) is 2.60. The Bertz CT molecular complexity index is 401. The maximum atomic E-state index is 14.0. The Kier molecular flexibility index (Phi) is 4.76. The van der Waals surface area contributed by atoms with E-state index >= 15 is 0 Å². The van der Waals surface area contributed by atoms with Crippen molar-refractivity contribution in [3.05, 3.63) is 0 Å². The van der Waals surface area contributed by atoms with E-state index in [9.17, 15) is 48.3 Å². The summed E-state index contributed by atoms with van der Waals surface area (Å²) in [6.45, 7) is 0. The molecular formula is C10H8F11I. The first-order valence-corrected chi connectivity index (χ1v) is 7.23. The first-order chi connectivity index (χ1) is 9.56. The van der Waals surface area contributed by atoms with Gasteiger partial charge in [-0.2, -0.15) is 43.9 Å². The first kappa shape index (κ1) is 20.0. The topological polar surface area (TPSA) is 0 Å². The van der Waals surface area contributed by atoms with Crippen LogP contribution >= 0.6 is 22.6 Å². The summed E-state index contributed by atoms with van der Waals surface area (Å²) in [5, 5.41) is 0. The highest BCUT2D eigenvalue weighted by molar-refractivity contribution is 14.1. The average molecular weight is 464 g/mol. The lowest BCUT2D eigenvalue weighted by atomic mass is 9.70. The second kappa shape index (κ2) is 5.23. The number of rotatable bonds is 4. The molecule has 0 unspecified atom stereocenters. The molecule has 1 aliphatic carbocycles. The number of halogens is 12. The standard InChI is InChI=1S/C10H8F11I/c11-5(3-1-2-4-22)6(12,13)8(16,17)10(20,21)9(18,19)7(5,14)15/h1-4H2. The molecule has 1 rings (SSSR count). The van der Waals surface area contributed by atoms with Crippen molar-refractivity contribution in [1.82, 2.24) is 0 Å². The molecule has 0 aromatic rings. The molecule has 0 saturated heterocycles. The minimum atomic E-state index is -7.12. The van der Waals surface area contributed by atoms with Crippen LogP contribution in [0.2, 0.25) is 0 Å². The molecule has 1 aliphatic rings. The summed E-state index contributed by atoms with van der Waals surface area (Å²) >= 11 is 1.61. The Morgan fingerprint density at radius 1 is 0.500 bits per heavy atom. The molecule has 1 saturated carbocycles. The van der Waals surface area contributed by atoms with Crippen LogP contribution in [0.25, 0.3) is 0 Å². The molecule has 0 heterocycles. The predicted molar refractivity (Wildman–Crippen MR) is 61.3 cm³/mol. The van der Waals surface area contributed by atoms with Gasteiger partial charge in [-0.1, -0.05) is 22.6 Å². The van der Waals surface area contributed by atoms with Crippen molar-refractivity contribution in [2.24, 2.45) is 0 Å². The molecule has 0 radical (unpaired) electrons. The van der Waals surface area contributed by atoms with Crippen molar-refractivity contribution >= 4 is 22.6 Å². The normalized spacial score (nSPS) is 30.0. The molecule has 0 atom stereocenters. The fourth-order valence-electron chi connectivity index (χ4n) is 2.06. The summed E-state index contributed by atoms with van der Waals surface area (Å²) in [7, 11) is 0. The predicted octanol–water partition coefficient (Wildman–Crippen LogP) is 5.49. The zero-order chi connectivity index (χ0) is 17.8. The quantitative estimate of drug-likeness (QED) is 0.224. The van der Waals surface area contributed by atoms with Gasteiger partial charge in [0, 0.05) is 0 Å². The van der Waals surface area contributed by atoms with Crippen LogP contribution in [0.1, 0.15) is 19.3 Å². The Hall–Kier alpha value is -0.0400.